The van der Waals surface area contributed by atoms with E-state index in [9.17, 15) is 4.79 Å². The van der Waals surface area contributed by atoms with Crippen LogP contribution in [0.4, 0.5) is 0 Å². The minimum Gasteiger partial charge on any atom is -0.351 e. The third-order valence-electron chi connectivity index (χ3n) is 3.13. The number of nitrogens with one attached hydrogen (secondary N) is 1. The molecule has 0 atom stereocenters. The average molecular weight is 218 g/mol. The number of hydrogen-bond donors (Lipinski definition) is 2. The minimum atomic E-state index is 0.0642. The Balaban J connectivity index is 2.00. The highest BCUT2D eigenvalue weighted by molar-refractivity contribution is 5.80. The second-order valence-corrected chi connectivity index (χ2v) is 4.76. The Bertz CT molecular complexity index is 397. The fraction of sp³-hybridized carbons (Fsp3) is 0.462. The van der Waals surface area contributed by atoms with Crippen molar-refractivity contribution in [2.24, 2.45) is 5.73 Å². The Hall–Kier alpha value is -1.35. The van der Waals surface area contributed by atoms with Crippen molar-refractivity contribution < 1.29 is 4.79 Å². The van der Waals surface area contributed by atoms with Crippen molar-refractivity contribution in [3.8, 4) is 0 Å². The van der Waals surface area contributed by atoms with Crippen LogP contribution in [0, 0.1) is 0 Å². The van der Waals surface area contributed by atoms with Crippen LogP contribution >= 0.6 is 0 Å². The van der Waals surface area contributed by atoms with Gasteiger partial charge in [-0.3, -0.25) is 4.79 Å². The highest BCUT2D eigenvalue weighted by atomic mass is 16.1. The van der Waals surface area contributed by atoms with Crippen molar-refractivity contribution in [1.29, 1.82) is 0 Å². The van der Waals surface area contributed by atoms with E-state index < -0.39 is 0 Å². The molecule has 0 spiro atoms. The second-order valence-electron chi connectivity index (χ2n) is 4.76. The second kappa shape index (κ2) is 4.26. The number of benzene rings is 1. The molecule has 3 N–H and O–H groups in total. The number of carbonyl (C=O) groups excluding carboxylic acids is 1. The maximum Gasteiger partial charge on any atom is 0.224 e. The number of amides is 1. The molecule has 1 aromatic carbocycles. The van der Waals surface area contributed by atoms with Crippen LogP contribution in [0.25, 0.3) is 0 Å². The zero-order valence-corrected chi connectivity index (χ0v) is 9.62. The minimum absolute atomic E-state index is 0.0642. The molecular formula is C13H18N2O. The van der Waals surface area contributed by atoms with Gasteiger partial charge < -0.3 is 11.1 Å². The summed E-state index contributed by atoms with van der Waals surface area (Å²) in [5, 5.41) is 3.05. The van der Waals surface area contributed by atoms with E-state index >= 15 is 0 Å². The van der Waals surface area contributed by atoms with Crippen molar-refractivity contribution in [2.45, 2.75) is 38.3 Å². The Morgan fingerprint density at radius 3 is 2.56 bits per heavy atom. The SMILES string of the molecule is CC1(NC(=O)Cc2ccccc2CN)CC1. The molecule has 0 unspecified atom stereocenters. The van der Waals surface area contributed by atoms with Gasteiger partial charge in [-0.25, -0.2) is 0 Å². The van der Waals surface area contributed by atoms with E-state index in [0.29, 0.717) is 13.0 Å². The molecule has 86 valence electrons. The number of rotatable bonds is 4. The molecule has 1 aliphatic carbocycles. The lowest BCUT2D eigenvalue weighted by Crippen LogP contribution is -2.35. The van der Waals surface area contributed by atoms with Gasteiger partial charge in [0.2, 0.25) is 5.91 Å². The molecule has 16 heavy (non-hydrogen) atoms. The summed E-state index contributed by atoms with van der Waals surface area (Å²) in [4.78, 5) is 11.8. The first-order valence-electron chi connectivity index (χ1n) is 5.71. The topological polar surface area (TPSA) is 55.1 Å². The number of carbonyl (C=O) groups is 1. The van der Waals surface area contributed by atoms with Crippen molar-refractivity contribution in [3.05, 3.63) is 35.4 Å². The van der Waals surface area contributed by atoms with E-state index in [1.54, 1.807) is 0 Å². The summed E-state index contributed by atoms with van der Waals surface area (Å²) < 4.78 is 0. The summed E-state index contributed by atoms with van der Waals surface area (Å²) >= 11 is 0. The maximum atomic E-state index is 11.8. The highest BCUT2D eigenvalue weighted by Gasteiger charge is 2.38. The van der Waals surface area contributed by atoms with Gasteiger partial charge in [0.05, 0.1) is 6.42 Å². The highest BCUT2D eigenvalue weighted by Crippen LogP contribution is 2.34. The van der Waals surface area contributed by atoms with Crippen LogP contribution in [-0.2, 0) is 17.8 Å². The summed E-state index contributed by atoms with van der Waals surface area (Å²) in [5.41, 5.74) is 7.79. The summed E-state index contributed by atoms with van der Waals surface area (Å²) in [5.74, 6) is 0.0981. The van der Waals surface area contributed by atoms with Gasteiger partial charge in [0.1, 0.15) is 0 Å². The van der Waals surface area contributed by atoms with Gasteiger partial charge in [-0.05, 0) is 30.9 Å². The third kappa shape index (κ3) is 2.61. The molecule has 3 nitrogen and oxygen atoms in total. The molecule has 0 bridgehead atoms. The monoisotopic (exact) mass is 218 g/mol. The van der Waals surface area contributed by atoms with Crippen molar-refractivity contribution in [3.63, 3.8) is 0 Å². The van der Waals surface area contributed by atoms with E-state index in [-0.39, 0.29) is 11.4 Å². The zero-order chi connectivity index (χ0) is 11.6. The molecular weight excluding hydrogens is 200 g/mol. The van der Waals surface area contributed by atoms with Crippen molar-refractivity contribution in [2.75, 3.05) is 0 Å². The Morgan fingerprint density at radius 1 is 1.38 bits per heavy atom. The first kappa shape index (κ1) is 11.1. The molecule has 0 saturated heterocycles. The van der Waals surface area contributed by atoms with Gasteiger partial charge in [-0.1, -0.05) is 24.3 Å². The van der Waals surface area contributed by atoms with E-state index in [4.69, 9.17) is 5.73 Å². The first-order valence-corrected chi connectivity index (χ1v) is 5.71. The van der Waals surface area contributed by atoms with Crippen LogP contribution in [0.5, 0.6) is 0 Å². The van der Waals surface area contributed by atoms with Crippen LogP contribution in [0.15, 0.2) is 24.3 Å². The van der Waals surface area contributed by atoms with Gasteiger partial charge in [0.25, 0.3) is 0 Å². The number of nitrogens with two attached hydrogens (primary N) is 1. The predicted octanol–water partition coefficient (Wildman–Crippen LogP) is 1.36. The quantitative estimate of drug-likeness (QED) is 0.801. The molecule has 1 saturated carbocycles. The van der Waals surface area contributed by atoms with Crippen LogP contribution in [0.1, 0.15) is 30.9 Å². The fourth-order valence-corrected chi connectivity index (χ4v) is 1.80. The summed E-state index contributed by atoms with van der Waals surface area (Å²) in [7, 11) is 0. The fourth-order valence-electron chi connectivity index (χ4n) is 1.80. The van der Waals surface area contributed by atoms with E-state index in [1.807, 2.05) is 24.3 Å². The smallest absolute Gasteiger partial charge is 0.224 e. The summed E-state index contributed by atoms with van der Waals surface area (Å²) in [6, 6.07) is 7.84. The molecule has 3 heteroatoms. The maximum absolute atomic E-state index is 11.8. The molecule has 1 amide bonds. The molecule has 2 rings (SSSR count). The lowest BCUT2D eigenvalue weighted by Gasteiger charge is -2.12. The first-order chi connectivity index (χ1) is 7.63. The lowest BCUT2D eigenvalue weighted by atomic mass is 10.0. The normalized spacial score (nSPS) is 16.9. The molecule has 0 radical (unpaired) electrons. The van der Waals surface area contributed by atoms with Gasteiger partial charge in [-0.2, -0.15) is 0 Å². The number of hydrogen-bond acceptors (Lipinski definition) is 2. The molecule has 0 aromatic heterocycles. The Morgan fingerprint density at radius 2 is 2.00 bits per heavy atom. The predicted molar refractivity (Wildman–Crippen MR) is 63.8 cm³/mol. The van der Waals surface area contributed by atoms with Crippen LogP contribution in [0.2, 0.25) is 0 Å². The average Bonchev–Trinajstić information content (AvgIpc) is 2.96. The molecule has 0 heterocycles. The Kier molecular flexibility index (Phi) is 2.97. The zero-order valence-electron chi connectivity index (χ0n) is 9.62. The lowest BCUT2D eigenvalue weighted by molar-refractivity contribution is -0.121. The van der Waals surface area contributed by atoms with E-state index in [1.165, 1.54) is 0 Å². The van der Waals surface area contributed by atoms with E-state index in [0.717, 1.165) is 24.0 Å². The Labute approximate surface area is 96.0 Å². The summed E-state index contributed by atoms with van der Waals surface area (Å²) in [6.07, 6.45) is 2.62. The van der Waals surface area contributed by atoms with Crippen LogP contribution in [0.3, 0.4) is 0 Å². The van der Waals surface area contributed by atoms with Gasteiger partial charge in [0.15, 0.2) is 0 Å². The molecule has 1 fully saturated rings. The van der Waals surface area contributed by atoms with Gasteiger partial charge in [0, 0.05) is 12.1 Å². The largest absolute Gasteiger partial charge is 0.351 e. The standard InChI is InChI=1S/C13H18N2O/c1-13(6-7-13)15-12(16)8-10-4-2-3-5-11(10)9-14/h2-5H,6-9,14H2,1H3,(H,15,16). The van der Waals surface area contributed by atoms with Crippen LogP contribution < -0.4 is 11.1 Å². The van der Waals surface area contributed by atoms with Crippen molar-refractivity contribution in [1.82, 2.24) is 5.32 Å². The van der Waals surface area contributed by atoms with Crippen molar-refractivity contribution >= 4 is 5.91 Å². The third-order valence-corrected chi connectivity index (χ3v) is 3.13. The van der Waals surface area contributed by atoms with E-state index in [2.05, 4.69) is 12.2 Å². The van der Waals surface area contributed by atoms with Gasteiger partial charge >= 0.3 is 0 Å². The molecule has 1 aliphatic rings. The molecule has 0 aliphatic heterocycles. The van der Waals surface area contributed by atoms with Crippen LogP contribution in [-0.4, -0.2) is 11.4 Å². The summed E-state index contributed by atoms with van der Waals surface area (Å²) in [6.45, 7) is 2.57. The molecule has 1 aromatic rings. The van der Waals surface area contributed by atoms with Gasteiger partial charge in [-0.15, -0.1) is 0 Å².